The van der Waals surface area contributed by atoms with Gasteiger partial charge in [-0.2, -0.15) is 0 Å². The zero-order chi connectivity index (χ0) is 15.9. The van der Waals surface area contributed by atoms with E-state index in [1.165, 1.54) is 6.92 Å². The van der Waals surface area contributed by atoms with E-state index in [2.05, 4.69) is 10.6 Å². The molecule has 0 saturated carbocycles. The van der Waals surface area contributed by atoms with E-state index in [-0.39, 0.29) is 17.6 Å². The predicted octanol–water partition coefficient (Wildman–Crippen LogP) is 2.76. The first kappa shape index (κ1) is 14.1. The molecule has 0 aromatic heterocycles. The number of carbonyl (C=O) groups is 2. The Labute approximate surface area is 127 Å². The third-order valence-electron chi connectivity index (χ3n) is 3.88. The largest absolute Gasteiger partial charge is 0.508 e. The van der Waals surface area contributed by atoms with Crippen molar-refractivity contribution in [2.45, 2.75) is 19.9 Å². The number of hydrogen-bond donors (Lipinski definition) is 3. The molecule has 1 aliphatic rings. The molecule has 0 aliphatic carbocycles. The van der Waals surface area contributed by atoms with E-state index in [1.54, 1.807) is 19.1 Å². The van der Waals surface area contributed by atoms with Crippen molar-refractivity contribution in [1.82, 2.24) is 10.6 Å². The van der Waals surface area contributed by atoms with Crippen molar-refractivity contribution in [2.24, 2.45) is 0 Å². The minimum absolute atomic E-state index is 0.0532. The summed E-state index contributed by atoms with van der Waals surface area (Å²) in [6.45, 7) is 3.14. The number of rotatable bonds is 2. The van der Waals surface area contributed by atoms with Crippen LogP contribution in [0.25, 0.3) is 10.8 Å². The third kappa shape index (κ3) is 2.20. The molecule has 0 saturated heterocycles. The van der Waals surface area contributed by atoms with Gasteiger partial charge in [0.25, 0.3) is 0 Å². The van der Waals surface area contributed by atoms with Gasteiger partial charge in [-0.15, -0.1) is 0 Å². The van der Waals surface area contributed by atoms with E-state index in [1.807, 2.05) is 24.3 Å². The van der Waals surface area contributed by atoms with Crippen molar-refractivity contribution in [3.63, 3.8) is 0 Å². The topological polar surface area (TPSA) is 78.4 Å². The highest BCUT2D eigenvalue weighted by Crippen LogP contribution is 2.37. The fourth-order valence-electron chi connectivity index (χ4n) is 2.96. The SMILES string of the molecule is CC(=O)C1=C(C)NC(=O)N[C@H]1c1c(O)ccc2ccccc12. The second kappa shape index (κ2) is 5.18. The highest BCUT2D eigenvalue weighted by atomic mass is 16.3. The number of amides is 2. The summed E-state index contributed by atoms with van der Waals surface area (Å²) in [5, 5.41) is 17.4. The zero-order valence-electron chi connectivity index (χ0n) is 12.3. The maximum atomic E-state index is 12.0. The van der Waals surface area contributed by atoms with Gasteiger partial charge in [0.2, 0.25) is 0 Å². The number of fused-ring (bicyclic) bond motifs is 1. The fraction of sp³-hybridized carbons (Fsp3) is 0.176. The molecule has 0 unspecified atom stereocenters. The molecule has 5 nitrogen and oxygen atoms in total. The lowest BCUT2D eigenvalue weighted by molar-refractivity contribution is -0.114. The van der Waals surface area contributed by atoms with Gasteiger partial charge < -0.3 is 15.7 Å². The van der Waals surface area contributed by atoms with Crippen LogP contribution in [0.15, 0.2) is 47.7 Å². The van der Waals surface area contributed by atoms with Gasteiger partial charge in [-0.3, -0.25) is 4.79 Å². The van der Waals surface area contributed by atoms with Crippen molar-refractivity contribution in [1.29, 1.82) is 0 Å². The first-order valence-electron chi connectivity index (χ1n) is 6.99. The zero-order valence-corrected chi connectivity index (χ0v) is 12.3. The first-order valence-corrected chi connectivity index (χ1v) is 6.99. The molecule has 2 aromatic rings. The molecule has 0 spiro atoms. The number of hydrogen-bond acceptors (Lipinski definition) is 3. The van der Waals surface area contributed by atoms with Gasteiger partial charge in [-0.05, 0) is 30.7 Å². The molecule has 112 valence electrons. The lowest BCUT2D eigenvalue weighted by Crippen LogP contribution is -2.44. The van der Waals surface area contributed by atoms with Crippen LogP contribution in [-0.4, -0.2) is 16.9 Å². The van der Waals surface area contributed by atoms with Crippen LogP contribution in [0.3, 0.4) is 0 Å². The molecule has 0 bridgehead atoms. The Balaban J connectivity index is 2.29. The summed E-state index contributed by atoms with van der Waals surface area (Å²) in [7, 11) is 0. The molecule has 0 fully saturated rings. The summed E-state index contributed by atoms with van der Waals surface area (Å²) in [6.07, 6.45) is 0. The summed E-state index contributed by atoms with van der Waals surface area (Å²) in [5.41, 5.74) is 1.50. The molecule has 2 amide bonds. The van der Waals surface area contributed by atoms with Crippen LogP contribution >= 0.6 is 0 Å². The number of Topliss-reactive ketones (excluding diaryl/α,β-unsaturated/α-hetero) is 1. The number of phenols is 1. The van der Waals surface area contributed by atoms with E-state index >= 15 is 0 Å². The van der Waals surface area contributed by atoms with Gasteiger partial charge in [0.05, 0.1) is 6.04 Å². The number of ketones is 1. The van der Waals surface area contributed by atoms with Crippen molar-refractivity contribution in [3.05, 3.63) is 53.2 Å². The molecule has 3 N–H and O–H groups in total. The Bertz CT molecular complexity index is 824. The Morgan fingerprint density at radius 1 is 1.18 bits per heavy atom. The lowest BCUT2D eigenvalue weighted by Gasteiger charge is -2.29. The normalized spacial score (nSPS) is 18.1. The van der Waals surface area contributed by atoms with E-state index in [9.17, 15) is 14.7 Å². The van der Waals surface area contributed by atoms with Crippen molar-refractivity contribution < 1.29 is 14.7 Å². The molecule has 2 aromatic carbocycles. The summed E-state index contributed by atoms with van der Waals surface area (Å²) in [5.74, 6) is -0.0974. The standard InChI is InChI=1S/C17H16N2O3/c1-9-14(10(2)20)16(19-17(22)18-9)15-12-6-4-3-5-11(12)7-8-13(15)21/h3-8,16,21H,1-2H3,(H2,18,19,22)/t16-/m1/s1. The summed E-state index contributed by atoms with van der Waals surface area (Å²) >= 11 is 0. The number of aromatic hydroxyl groups is 1. The number of benzene rings is 2. The van der Waals surface area contributed by atoms with Crippen LogP contribution < -0.4 is 10.6 Å². The number of urea groups is 1. The van der Waals surface area contributed by atoms with Crippen LogP contribution in [-0.2, 0) is 4.79 Å². The van der Waals surface area contributed by atoms with Crippen molar-refractivity contribution in [2.75, 3.05) is 0 Å². The van der Waals surface area contributed by atoms with Crippen LogP contribution in [0.1, 0.15) is 25.5 Å². The Morgan fingerprint density at radius 3 is 2.64 bits per heavy atom. The quantitative estimate of drug-likeness (QED) is 0.797. The number of carbonyl (C=O) groups excluding carboxylic acids is 2. The number of nitrogens with one attached hydrogen (secondary N) is 2. The van der Waals surface area contributed by atoms with Gasteiger partial charge in [-0.1, -0.05) is 30.3 Å². The Kier molecular flexibility index (Phi) is 3.33. The summed E-state index contributed by atoms with van der Waals surface area (Å²) in [6, 6.07) is 9.88. The predicted molar refractivity (Wildman–Crippen MR) is 83.4 cm³/mol. The Hall–Kier alpha value is -2.82. The minimum atomic E-state index is -0.669. The van der Waals surface area contributed by atoms with Gasteiger partial charge >= 0.3 is 6.03 Å². The average Bonchev–Trinajstić information content (AvgIpc) is 2.45. The molecule has 3 rings (SSSR count). The number of allylic oxidation sites excluding steroid dienone is 1. The molecule has 5 heteroatoms. The van der Waals surface area contributed by atoms with Crippen LogP contribution in [0.5, 0.6) is 5.75 Å². The first-order chi connectivity index (χ1) is 10.5. The smallest absolute Gasteiger partial charge is 0.319 e. The van der Waals surface area contributed by atoms with E-state index in [0.29, 0.717) is 16.8 Å². The van der Waals surface area contributed by atoms with E-state index < -0.39 is 6.04 Å². The van der Waals surface area contributed by atoms with Gasteiger partial charge in [0, 0.05) is 16.8 Å². The molecule has 0 radical (unpaired) electrons. The van der Waals surface area contributed by atoms with Gasteiger partial charge in [0.15, 0.2) is 5.78 Å². The van der Waals surface area contributed by atoms with Crippen molar-refractivity contribution >= 4 is 22.6 Å². The molecule has 1 atom stereocenters. The maximum absolute atomic E-state index is 12.0. The number of phenolic OH excluding ortho intramolecular Hbond substituents is 1. The maximum Gasteiger partial charge on any atom is 0.319 e. The average molecular weight is 296 g/mol. The highest BCUT2D eigenvalue weighted by molar-refractivity contribution is 6.00. The molecule has 1 heterocycles. The van der Waals surface area contributed by atoms with Crippen LogP contribution in [0, 0.1) is 0 Å². The second-order valence-electron chi connectivity index (χ2n) is 5.35. The summed E-state index contributed by atoms with van der Waals surface area (Å²) in [4.78, 5) is 23.8. The van der Waals surface area contributed by atoms with Crippen molar-refractivity contribution in [3.8, 4) is 5.75 Å². The van der Waals surface area contributed by atoms with Gasteiger partial charge in [0.1, 0.15) is 5.75 Å². The Morgan fingerprint density at radius 2 is 1.91 bits per heavy atom. The second-order valence-corrected chi connectivity index (χ2v) is 5.35. The fourth-order valence-corrected chi connectivity index (χ4v) is 2.96. The minimum Gasteiger partial charge on any atom is -0.508 e. The lowest BCUT2D eigenvalue weighted by atomic mass is 9.89. The monoisotopic (exact) mass is 296 g/mol. The van der Waals surface area contributed by atoms with Gasteiger partial charge in [-0.25, -0.2) is 4.79 Å². The van der Waals surface area contributed by atoms with Crippen LogP contribution in [0.4, 0.5) is 4.79 Å². The molecular weight excluding hydrogens is 280 g/mol. The molecule has 22 heavy (non-hydrogen) atoms. The van der Waals surface area contributed by atoms with Crippen LogP contribution in [0.2, 0.25) is 0 Å². The van der Waals surface area contributed by atoms with E-state index in [4.69, 9.17) is 0 Å². The summed E-state index contributed by atoms with van der Waals surface area (Å²) < 4.78 is 0. The molecule has 1 aliphatic heterocycles. The molecular formula is C17H16N2O3. The highest BCUT2D eigenvalue weighted by Gasteiger charge is 2.31. The van der Waals surface area contributed by atoms with E-state index in [0.717, 1.165) is 10.8 Å². The third-order valence-corrected chi connectivity index (χ3v) is 3.88.